The molecule has 3 rings (SSSR count). The summed E-state index contributed by atoms with van der Waals surface area (Å²) < 4.78 is 5.89. The second kappa shape index (κ2) is 5.43. The van der Waals surface area contributed by atoms with Crippen LogP contribution in [-0.2, 0) is 4.74 Å². The average Bonchev–Trinajstić information content (AvgIpc) is 2.90. The van der Waals surface area contributed by atoms with Crippen LogP contribution in [-0.4, -0.2) is 28.6 Å². The third kappa shape index (κ3) is 2.42. The summed E-state index contributed by atoms with van der Waals surface area (Å²) >= 11 is 0. The molecule has 1 aromatic carbocycles. The molecule has 0 N–H and O–H groups in total. The molecule has 0 saturated carbocycles. The molecule has 0 spiro atoms. The summed E-state index contributed by atoms with van der Waals surface area (Å²) in [5, 5.41) is 0. The van der Waals surface area contributed by atoms with E-state index in [2.05, 4.69) is 4.98 Å². The summed E-state index contributed by atoms with van der Waals surface area (Å²) in [6.45, 7) is 2.48. The number of ether oxygens (including phenoxy) is 1. The molecule has 0 radical (unpaired) electrons. The van der Waals surface area contributed by atoms with Gasteiger partial charge in [-0.15, -0.1) is 0 Å². The molecule has 102 valence electrons. The highest BCUT2D eigenvalue weighted by atomic mass is 16.5. The number of carbonyl (C=O) groups excluding carboxylic acids is 1. The van der Waals surface area contributed by atoms with Crippen molar-refractivity contribution in [2.24, 2.45) is 0 Å². The summed E-state index contributed by atoms with van der Waals surface area (Å²) in [7, 11) is 0. The van der Waals surface area contributed by atoms with E-state index < -0.39 is 0 Å². The first-order chi connectivity index (χ1) is 9.75. The number of aromatic nitrogens is 1. The van der Waals surface area contributed by atoms with Gasteiger partial charge < -0.3 is 9.64 Å². The molecule has 20 heavy (non-hydrogen) atoms. The highest BCUT2D eigenvalue weighted by molar-refractivity contribution is 5.94. The molecule has 0 aliphatic carbocycles. The quantitative estimate of drug-likeness (QED) is 0.841. The van der Waals surface area contributed by atoms with Gasteiger partial charge in [0.25, 0.3) is 5.91 Å². The van der Waals surface area contributed by atoms with Crippen molar-refractivity contribution in [2.75, 3.05) is 6.54 Å². The van der Waals surface area contributed by atoms with Crippen LogP contribution in [0.25, 0.3) is 0 Å². The first-order valence-corrected chi connectivity index (χ1v) is 6.67. The van der Waals surface area contributed by atoms with Gasteiger partial charge in [-0.2, -0.15) is 0 Å². The van der Waals surface area contributed by atoms with Crippen molar-refractivity contribution in [1.29, 1.82) is 0 Å². The van der Waals surface area contributed by atoms with Crippen LogP contribution < -0.4 is 0 Å². The normalized spacial score (nSPS) is 21.9. The second-order valence-electron chi connectivity index (χ2n) is 4.83. The fourth-order valence-corrected chi connectivity index (χ4v) is 2.44. The van der Waals surface area contributed by atoms with Gasteiger partial charge in [0.2, 0.25) is 0 Å². The van der Waals surface area contributed by atoms with Gasteiger partial charge in [-0.3, -0.25) is 9.78 Å². The molecule has 4 heteroatoms. The Morgan fingerprint density at radius 1 is 1.20 bits per heavy atom. The summed E-state index contributed by atoms with van der Waals surface area (Å²) in [4.78, 5) is 18.1. The van der Waals surface area contributed by atoms with E-state index in [0.717, 1.165) is 5.56 Å². The van der Waals surface area contributed by atoms with Gasteiger partial charge in [0, 0.05) is 18.0 Å². The SMILES string of the molecule is CC1OC(c2ccccc2)CN1C(=O)c1ccncc1. The predicted molar refractivity (Wildman–Crippen MR) is 75.0 cm³/mol. The lowest BCUT2D eigenvalue weighted by molar-refractivity contribution is 0.0138. The van der Waals surface area contributed by atoms with Gasteiger partial charge in [-0.1, -0.05) is 30.3 Å². The molecule has 1 amide bonds. The summed E-state index contributed by atoms with van der Waals surface area (Å²) in [5.41, 5.74) is 1.74. The predicted octanol–water partition coefficient (Wildman–Crippen LogP) is 2.64. The highest BCUT2D eigenvalue weighted by Gasteiger charge is 2.34. The summed E-state index contributed by atoms with van der Waals surface area (Å²) in [6.07, 6.45) is 2.98. The fourth-order valence-electron chi connectivity index (χ4n) is 2.44. The van der Waals surface area contributed by atoms with Crippen LogP contribution in [0.2, 0.25) is 0 Å². The largest absolute Gasteiger partial charge is 0.349 e. The standard InChI is InChI=1S/C16H16N2O2/c1-12-18(16(19)14-7-9-17-10-8-14)11-15(20-12)13-5-3-2-4-6-13/h2-10,12,15H,11H2,1H3. The molecular weight excluding hydrogens is 252 g/mol. The van der Waals surface area contributed by atoms with Crippen LogP contribution in [0.1, 0.15) is 28.9 Å². The van der Waals surface area contributed by atoms with Crippen molar-refractivity contribution in [3.05, 3.63) is 66.0 Å². The number of benzene rings is 1. The summed E-state index contributed by atoms with van der Waals surface area (Å²) in [5.74, 6) is -0.0154. The topological polar surface area (TPSA) is 42.4 Å². The number of hydrogen-bond donors (Lipinski definition) is 0. The zero-order chi connectivity index (χ0) is 13.9. The van der Waals surface area contributed by atoms with Gasteiger partial charge in [-0.25, -0.2) is 0 Å². The van der Waals surface area contributed by atoms with Crippen LogP contribution in [0.15, 0.2) is 54.9 Å². The minimum atomic E-state index is -0.221. The zero-order valence-corrected chi connectivity index (χ0v) is 11.3. The Morgan fingerprint density at radius 3 is 2.60 bits per heavy atom. The molecule has 2 atom stereocenters. The first-order valence-electron chi connectivity index (χ1n) is 6.67. The number of rotatable bonds is 2. The maximum atomic E-state index is 12.5. The number of carbonyl (C=O) groups is 1. The highest BCUT2D eigenvalue weighted by Crippen LogP contribution is 2.29. The third-order valence-corrected chi connectivity index (χ3v) is 3.52. The van der Waals surface area contributed by atoms with Crippen molar-refractivity contribution in [1.82, 2.24) is 9.88 Å². The average molecular weight is 268 g/mol. The molecule has 2 heterocycles. The van der Waals surface area contributed by atoms with Crippen LogP contribution in [0.3, 0.4) is 0 Å². The molecule has 1 aliphatic heterocycles. The minimum absolute atomic E-state index is 0.0154. The van der Waals surface area contributed by atoms with Gasteiger partial charge in [-0.05, 0) is 24.6 Å². The molecule has 1 fully saturated rings. The van der Waals surface area contributed by atoms with E-state index >= 15 is 0 Å². The second-order valence-corrected chi connectivity index (χ2v) is 4.83. The minimum Gasteiger partial charge on any atom is -0.349 e. The van der Waals surface area contributed by atoms with E-state index in [1.807, 2.05) is 37.3 Å². The van der Waals surface area contributed by atoms with E-state index in [9.17, 15) is 4.79 Å². The number of amides is 1. The third-order valence-electron chi connectivity index (χ3n) is 3.52. The van der Waals surface area contributed by atoms with Crippen molar-refractivity contribution < 1.29 is 9.53 Å². The molecular formula is C16H16N2O2. The number of hydrogen-bond acceptors (Lipinski definition) is 3. The van der Waals surface area contributed by atoms with Crippen molar-refractivity contribution in [2.45, 2.75) is 19.3 Å². The Kier molecular flexibility index (Phi) is 3.48. The smallest absolute Gasteiger partial charge is 0.256 e. The first kappa shape index (κ1) is 12.8. The summed E-state index contributed by atoms with van der Waals surface area (Å²) in [6, 6.07) is 13.4. The van der Waals surface area contributed by atoms with Gasteiger partial charge in [0.1, 0.15) is 12.3 Å². The van der Waals surface area contributed by atoms with Crippen LogP contribution in [0, 0.1) is 0 Å². The van der Waals surface area contributed by atoms with Crippen LogP contribution in [0.5, 0.6) is 0 Å². The monoisotopic (exact) mass is 268 g/mol. The van der Waals surface area contributed by atoms with Crippen molar-refractivity contribution in [3.63, 3.8) is 0 Å². The Labute approximate surface area is 118 Å². The van der Waals surface area contributed by atoms with Crippen molar-refractivity contribution >= 4 is 5.91 Å². The fraction of sp³-hybridized carbons (Fsp3) is 0.250. The molecule has 1 aliphatic rings. The lowest BCUT2D eigenvalue weighted by Gasteiger charge is -2.19. The molecule has 4 nitrogen and oxygen atoms in total. The van der Waals surface area contributed by atoms with Crippen LogP contribution >= 0.6 is 0 Å². The Bertz CT molecular complexity index is 586. The maximum absolute atomic E-state index is 12.5. The zero-order valence-electron chi connectivity index (χ0n) is 11.3. The Morgan fingerprint density at radius 2 is 1.90 bits per heavy atom. The van der Waals surface area contributed by atoms with E-state index in [4.69, 9.17) is 4.74 Å². The van der Waals surface area contributed by atoms with E-state index in [-0.39, 0.29) is 18.2 Å². The van der Waals surface area contributed by atoms with Gasteiger partial charge >= 0.3 is 0 Å². The molecule has 1 aromatic heterocycles. The maximum Gasteiger partial charge on any atom is 0.256 e. The van der Waals surface area contributed by atoms with Crippen LogP contribution in [0.4, 0.5) is 0 Å². The van der Waals surface area contributed by atoms with E-state index in [1.54, 1.807) is 29.4 Å². The van der Waals surface area contributed by atoms with Gasteiger partial charge in [0.15, 0.2) is 0 Å². The van der Waals surface area contributed by atoms with E-state index in [1.165, 1.54) is 0 Å². The molecule has 2 unspecified atom stereocenters. The lowest BCUT2D eigenvalue weighted by atomic mass is 10.1. The van der Waals surface area contributed by atoms with Crippen molar-refractivity contribution in [3.8, 4) is 0 Å². The Balaban J connectivity index is 1.78. The number of nitrogens with zero attached hydrogens (tertiary/aromatic N) is 2. The lowest BCUT2D eigenvalue weighted by Crippen LogP contribution is -2.34. The number of pyridine rings is 1. The van der Waals surface area contributed by atoms with Gasteiger partial charge in [0.05, 0.1) is 6.54 Å². The molecule has 0 bridgehead atoms. The van der Waals surface area contributed by atoms with E-state index in [0.29, 0.717) is 12.1 Å². The molecule has 1 saturated heterocycles. The Hall–Kier alpha value is -2.20. The molecule has 2 aromatic rings.